The van der Waals surface area contributed by atoms with E-state index in [1.807, 2.05) is 38.4 Å². The highest BCUT2D eigenvalue weighted by molar-refractivity contribution is 5.91. The molecule has 0 spiro atoms. The number of ether oxygens (including phenoxy) is 2. The smallest absolute Gasteiger partial charge is 0.422 e. The fourth-order valence-corrected chi connectivity index (χ4v) is 4.68. The summed E-state index contributed by atoms with van der Waals surface area (Å²) in [5.41, 5.74) is 9.08. The molecule has 1 heterocycles. The number of hydrazine groups is 1. The van der Waals surface area contributed by atoms with Crippen molar-refractivity contribution < 1.29 is 19.1 Å². The Morgan fingerprint density at radius 1 is 1.15 bits per heavy atom. The van der Waals surface area contributed by atoms with Gasteiger partial charge in [0.05, 0.1) is 24.2 Å². The van der Waals surface area contributed by atoms with Crippen LogP contribution < -0.4 is 10.9 Å². The van der Waals surface area contributed by atoms with Gasteiger partial charge in [-0.05, 0) is 83.4 Å². The molecule has 1 amide bonds. The first-order valence-electron chi connectivity index (χ1n) is 12.3. The van der Waals surface area contributed by atoms with Crippen molar-refractivity contribution in [1.29, 1.82) is 0 Å². The summed E-state index contributed by atoms with van der Waals surface area (Å²) in [6, 6.07) is 8.62. The molecule has 2 aliphatic rings. The van der Waals surface area contributed by atoms with Gasteiger partial charge in [-0.1, -0.05) is 18.6 Å². The van der Waals surface area contributed by atoms with Crippen LogP contribution in [0.4, 0.5) is 4.79 Å². The van der Waals surface area contributed by atoms with Crippen molar-refractivity contribution in [3.8, 4) is 5.69 Å². The average molecular weight is 469 g/mol. The van der Waals surface area contributed by atoms with Gasteiger partial charge in [-0.3, -0.25) is 5.43 Å². The normalized spacial score (nSPS) is 20.6. The Hall–Kier alpha value is -2.87. The predicted molar refractivity (Wildman–Crippen MR) is 129 cm³/mol. The molecule has 2 N–H and O–H groups in total. The maximum Gasteiger partial charge on any atom is 0.422 e. The zero-order valence-electron chi connectivity index (χ0n) is 20.6. The number of amides is 1. The first-order valence-corrected chi connectivity index (χ1v) is 12.3. The van der Waals surface area contributed by atoms with Crippen LogP contribution in [0.25, 0.3) is 5.69 Å². The SMILES string of the molecule is CCOC(=O)c1cnn(-c2cccc([C@@H]3CCC[C@@H](NNC(=O)OC(C)(C)C)C3)c2)c1C1CC1. The largest absolute Gasteiger partial charge is 0.462 e. The van der Waals surface area contributed by atoms with Gasteiger partial charge in [-0.15, -0.1) is 0 Å². The van der Waals surface area contributed by atoms with E-state index in [0.717, 1.165) is 49.9 Å². The number of benzene rings is 1. The highest BCUT2D eigenvalue weighted by atomic mass is 16.6. The second kappa shape index (κ2) is 10.2. The van der Waals surface area contributed by atoms with Crippen molar-refractivity contribution in [1.82, 2.24) is 20.6 Å². The minimum atomic E-state index is -0.528. The van der Waals surface area contributed by atoms with Crippen LogP contribution in [0.1, 0.15) is 99.7 Å². The van der Waals surface area contributed by atoms with Crippen molar-refractivity contribution in [3.05, 3.63) is 47.3 Å². The zero-order valence-corrected chi connectivity index (χ0v) is 20.6. The lowest BCUT2D eigenvalue weighted by Crippen LogP contribution is -2.47. The van der Waals surface area contributed by atoms with Crippen molar-refractivity contribution >= 4 is 12.1 Å². The Labute approximate surface area is 201 Å². The van der Waals surface area contributed by atoms with Crippen molar-refractivity contribution in [2.75, 3.05) is 6.61 Å². The molecule has 0 radical (unpaired) electrons. The highest BCUT2D eigenvalue weighted by Crippen LogP contribution is 2.43. The van der Waals surface area contributed by atoms with E-state index in [4.69, 9.17) is 9.47 Å². The van der Waals surface area contributed by atoms with Gasteiger partial charge in [0, 0.05) is 12.0 Å². The molecule has 1 aromatic carbocycles. The highest BCUT2D eigenvalue weighted by Gasteiger charge is 2.33. The van der Waals surface area contributed by atoms with E-state index in [-0.39, 0.29) is 12.0 Å². The monoisotopic (exact) mass is 468 g/mol. The molecule has 0 unspecified atom stereocenters. The molecule has 4 rings (SSSR count). The fourth-order valence-electron chi connectivity index (χ4n) is 4.68. The van der Waals surface area contributed by atoms with Gasteiger partial charge in [0.2, 0.25) is 0 Å². The maximum absolute atomic E-state index is 12.5. The van der Waals surface area contributed by atoms with Gasteiger partial charge in [-0.2, -0.15) is 5.10 Å². The van der Waals surface area contributed by atoms with Crippen LogP contribution in [-0.4, -0.2) is 40.1 Å². The summed E-state index contributed by atoms with van der Waals surface area (Å²) >= 11 is 0. The minimum absolute atomic E-state index is 0.178. The van der Waals surface area contributed by atoms with Gasteiger partial charge >= 0.3 is 12.1 Å². The van der Waals surface area contributed by atoms with E-state index in [1.54, 1.807) is 6.20 Å². The van der Waals surface area contributed by atoms with Crippen molar-refractivity contribution in [2.24, 2.45) is 0 Å². The number of hydrogen-bond acceptors (Lipinski definition) is 6. The van der Waals surface area contributed by atoms with E-state index in [1.165, 1.54) is 5.56 Å². The summed E-state index contributed by atoms with van der Waals surface area (Å²) < 4.78 is 12.5. The van der Waals surface area contributed by atoms with E-state index in [0.29, 0.717) is 24.0 Å². The third-order valence-corrected chi connectivity index (χ3v) is 6.30. The number of hydrogen-bond donors (Lipinski definition) is 2. The number of nitrogens with zero attached hydrogens (tertiary/aromatic N) is 2. The number of carbonyl (C=O) groups is 2. The summed E-state index contributed by atoms with van der Waals surface area (Å²) in [6.45, 7) is 7.71. The van der Waals surface area contributed by atoms with Crippen LogP contribution in [-0.2, 0) is 9.47 Å². The number of rotatable bonds is 7. The molecule has 0 saturated heterocycles. The minimum Gasteiger partial charge on any atom is -0.462 e. The summed E-state index contributed by atoms with van der Waals surface area (Å²) in [5.74, 6) is 0.425. The molecular formula is C26H36N4O4. The summed E-state index contributed by atoms with van der Waals surface area (Å²) in [5, 5.41) is 4.57. The Morgan fingerprint density at radius 2 is 1.94 bits per heavy atom. The quantitative estimate of drug-likeness (QED) is 0.440. The van der Waals surface area contributed by atoms with Gasteiger partial charge in [0.25, 0.3) is 0 Å². The number of nitrogens with one attached hydrogen (secondary N) is 2. The molecule has 0 bridgehead atoms. The first kappa shape index (κ1) is 24.3. The van der Waals surface area contributed by atoms with E-state index >= 15 is 0 Å². The van der Waals surface area contributed by atoms with Gasteiger partial charge < -0.3 is 9.47 Å². The Morgan fingerprint density at radius 3 is 2.65 bits per heavy atom. The molecule has 0 aliphatic heterocycles. The molecule has 8 heteroatoms. The van der Waals surface area contributed by atoms with Gasteiger partial charge in [0.15, 0.2) is 0 Å². The summed E-state index contributed by atoms with van der Waals surface area (Å²) in [7, 11) is 0. The topological polar surface area (TPSA) is 94.5 Å². The van der Waals surface area contributed by atoms with Gasteiger partial charge in [0.1, 0.15) is 11.2 Å². The molecular weight excluding hydrogens is 432 g/mol. The summed E-state index contributed by atoms with van der Waals surface area (Å²) in [6.07, 6.45) is 7.40. The average Bonchev–Trinajstić information content (AvgIpc) is 3.54. The van der Waals surface area contributed by atoms with Crippen LogP contribution in [0.5, 0.6) is 0 Å². The standard InChI is InChI=1S/C26H36N4O4/c1-5-33-24(31)22-16-27-30(23(22)17-12-13-17)21-11-7-9-19(15-21)18-8-6-10-20(14-18)28-29-25(32)34-26(2,3)4/h7,9,11,15-18,20,28H,5-6,8,10,12-14H2,1-4H3,(H,29,32)/t18-,20-/m1/s1. The van der Waals surface area contributed by atoms with E-state index < -0.39 is 11.7 Å². The van der Waals surface area contributed by atoms with Crippen LogP contribution in [0, 0.1) is 0 Å². The number of esters is 1. The summed E-state index contributed by atoms with van der Waals surface area (Å²) in [4.78, 5) is 24.5. The van der Waals surface area contributed by atoms with Crippen LogP contribution in [0.15, 0.2) is 30.5 Å². The molecule has 2 fully saturated rings. The van der Waals surface area contributed by atoms with Crippen LogP contribution >= 0.6 is 0 Å². The molecule has 34 heavy (non-hydrogen) atoms. The molecule has 2 saturated carbocycles. The second-order valence-electron chi connectivity index (χ2n) is 10.3. The first-order chi connectivity index (χ1) is 16.2. The third-order valence-electron chi connectivity index (χ3n) is 6.30. The second-order valence-corrected chi connectivity index (χ2v) is 10.3. The van der Waals surface area contributed by atoms with E-state index in [9.17, 15) is 9.59 Å². The number of aromatic nitrogens is 2. The van der Waals surface area contributed by atoms with Gasteiger partial charge in [-0.25, -0.2) is 19.7 Å². The predicted octanol–water partition coefficient (Wildman–Crippen LogP) is 4.98. The lowest BCUT2D eigenvalue weighted by molar-refractivity contribution is 0.0479. The number of carbonyl (C=O) groups excluding carboxylic acids is 2. The Balaban J connectivity index is 1.47. The van der Waals surface area contributed by atoms with Crippen LogP contribution in [0.2, 0.25) is 0 Å². The lowest BCUT2D eigenvalue weighted by atomic mass is 9.81. The Bertz CT molecular complexity index is 1020. The maximum atomic E-state index is 12.5. The van der Waals surface area contributed by atoms with Crippen LogP contribution in [0.3, 0.4) is 0 Å². The zero-order chi connectivity index (χ0) is 24.3. The molecule has 1 aromatic heterocycles. The van der Waals surface area contributed by atoms with Crippen molar-refractivity contribution in [2.45, 2.75) is 89.7 Å². The molecule has 184 valence electrons. The molecule has 8 nitrogen and oxygen atoms in total. The lowest BCUT2D eigenvalue weighted by Gasteiger charge is -2.30. The molecule has 2 aliphatic carbocycles. The third kappa shape index (κ3) is 5.97. The molecule has 2 aromatic rings. The fraction of sp³-hybridized carbons (Fsp3) is 0.577. The van der Waals surface area contributed by atoms with Crippen molar-refractivity contribution in [3.63, 3.8) is 0 Å². The molecule has 2 atom stereocenters. The Kier molecular flexibility index (Phi) is 7.26. The van der Waals surface area contributed by atoms with E-state index in [2.05, 4.69) is 34.1 Å².